The van der Waals surface area contributed by atoms with Crippen LogP contribution in [-0.4, -0.2) is 22.1 Å². The number of rotatable bonds is 9. The molecule has 0 radical (unpaired) electrons. The Kier molecular flexibility index (Phi) is 8.47. The Labute approximate surface area is 261 Å². The van der Waals surface area contributed by atoms with Crippen LogP contribution in [0.5, 0.6) is 5.75 Å². The van der Waals surface area contributed by atoms with Gasteiger partial charge in [-0.25, -0.2) is 9.79 Å². The monoisotopic (exact) mass is 617 g/mol. The smallest absolute Gasteiger partial charge is 0.338 e. The highest BCUT2D eigenvalue weighted by molar-refractivity contribution is 7.07. The van der Waals surface area contributed by atoms with E-state index in [1.165, 1.54) is 23.5 Å². The van der Waals surface area contributed by atoms with Crippen LogP contribution in [0.25, 0.3) is 11.8 Å². The number of carbonyl (C=O) groups is 1. The molecule has 1 aliphatic rings. The van der Waals surface area contributed by atoms with Crippen LogP contribution in [-0.2, 0) is 16.1 Å². The molecular formula is C35H27N3O6S. The fraction of sp³-hybridized carbons (Fsp3) is 0.114. The van der Waals surface area contributed by atoms with Gasteiger partial charge in [-0.1, -0.05) is 84.1 Å². The summed E-state index contributed by atoms with van der Waals surface area (Å²) in [6.45, 7) is 2.19. The third-order valence-corrected chi connectivity index (χ3v) is 8.20. The van der Waals surface area contributed by atoms with Gasteiger partial charge in [-0.05, 0) is 54.0 Å². The Bertz CT molecular complexity index is 2070. The van der Waals surface area contributed by atoms with Crippen LogP contribution in [0.15, 0.2) is 125 Å². The Hall–Kier alpha value is -5.61. The van der Waals surface area contributed by atoms with Crippen LogP contribution in [0.2, 0.25) is 0 Å². The average molecular weight is 618 g/mol. The number of esters is 1. The molecule has 0 N–H and O–H groups in total. The summed E-state index contributed by atoms with van der Waals surface area (Å²) in [4.78, 5) is 43.3. The Balaban J connectivity index is 1.37. The summed E-state index contributed by atoms with van der Waals surface area (Å²) in [5.41, 5.74) is 3.65. The first kappa shape index (κ1) is 29.5. The molecule has 0 fully saturated rings. The number of fused-ring (bicyclic) bond motifs is 1. The third-order valence-electron chi connectivity index (χ3n) is 7.22. The predicted molar refractivity (Wildman–Crippen MR) is 171 cm³/mol. The van der Waals surface area contributed by atoms with E-state index < -0.39 is 16.9 Å². The summed E-state index contributed by atoms with van der Waals surface area (Å²) in [5.74, 6) is 0.0928. The summed E-state index contributed by atoms with van der Waals surface area (Å²) in [6, 6.07) is 31.6. The molecule has 45 heavy (non-hydrogen) atoms. The second kappa shape index (κ2) is 12.9. The average Bonchev–Trinajstić information content (AvgIpc) is 3.38. The van der Waals surface area contributed by atoms with Crippen LogP contribution < -0.4 is 19.6 Å². The van der Waals surface area contributed by atoms with Gasteiger partial charge in [0.05, 0.1) is 33.4 Å². The molecule has 0 saturated heterocycles. The zero-order valence-corrected chi connectivity index (χ0v) is 25.0. The lowest BCUT2D eigenvalue weighted by Crippen LogP contribution is -2.39. The summed E-state index contributed by atoms with van der Waals surface area (Å²) in [6.07, 6.45) is 1.79. The van der Waals surface area contributed by atoms with Crippen molar-refractivity contribution in [2.24, 2.45) is 4.99 Å². The number of aromatic nitrogens is 1. The summed E-state index contributed by atoms with van der Waals surface area (Å²) in [5, 5.41) is 10.9. The van der Waals surface area contributed by atoms with Gasteiger partial charge in [-0.3, -0.25) is 19.5 Å². The fourth-order valence-corrected chi connectivity index (χ4v) is 6.08. The van der Waals surface area contributed by atoms with E-state index in [1.807, 2.05) is 72.8 Å². The topological polar surface area (TPSA) is 113 Å². The number of hydrogen-bond donors (Lipinski definition) is 0. The van der Waals surface area contributed by atoms with Crippen molar-refractivity contribution >= 4 is 34.8 Å². The maximum Gasteiger partial charge on any atom is 0.338 e. The van der Waals surface area contributed by atoms with Crippen LogP contribution in [0, 0.1) is 10.1 Å². The SMILES string of the molecule is CCOC(=O)C1=C(c2ccccc2)N=c2s/c(=C\c3ccc(OCc4ccc([N+](=O)[O-])cc4)cc3)c(=O)n2[C@@H]1c1ccccc1. The lowest BCUT2D eigenvalue weighted by Gasteiger charge is -2.25. The van der Waals surface area contributed by atoms with Gasteiger partial charge in [0.15, 0.2) is 4.80 Å². The number of benzene rings is 4. The number of carbonyl (C=O) groups excluding carboxylic acids is 1. The summed E-state index contributed by atoms with van der Waals surface area (Å²) in [7, 11) is 0. The quantitative estimate of drug-likeness (QED) is 0.124. The van der Waals surface area contributed by atoms with Gasteiger partial charge in [0.1, 0.15) is 12.4 Å². The van der Waals surface area contributed by atoms with Crippen molar-refractivity contribution in [3.05, 3.63) is 167 Å². The van der Waals surface area contributed by atoms with Crippen molar-refractivity contribution in [3.63, 3.8) is 0 Å². The molecule has 0 bridgehead atoms. The largest absolute Gasteiger partial charge is 0.489 e. The Morgan fingerprint density at radius 2 is 1.62 bits per heavy atom. The first-order valence-corrected chi connectivity index (χ1v) is 15.0. The molecule has 0 saturated carbocycles. The van der Waals surface area contributed by atoms with Gasteiger partial charge >= 0.3 is 5.97 Å². The maximum atomic E-state index is 14.0. The minimum absolute atomic E-state index is 0.0249. The number of non-ortho nitro benzene ring substituents is 1. The highest BCUT2D eigenvalue weighted by Gasteiger charge is 2.35. The van der Waals surface area contributed by atoms with Crippen molar-refractivity contribution < 1.29 is 19.2 Å². The molecule has 5 aromatic rings. The van der Waals surface area contributed by atoms with Crippen LogP contribution in [0.1, 0.15) is 35.2 Å². The van der Waals surface area contributed by atoms with Crippen LogP contribution in [0.4, 0.5) is 5.69 Å². The van der Waals surface area contributed by atoms with Gasteiger partial charge in [-0.15, -0.1) is 0 Å². The number of ether oxygens (including phenoxy) is 2. The van der Waals surface area contributed by atoms with E-state index in [0.29, 0.717) is 26.4 Å². The third kappa shape index (κ3) is 6.22. The van der Waals surface area contributed by atoms with Crippen molar-refractivity contribution in [3.8, 4) is 5.75 Å². The number of nitro benzene ring substituents is 1. The second-order valence-electron chi connectivity index (χ2n) is 10.1. The first-order valence-electron chi connectivity index (χ1n) is 14.2. The predicted octanol–water partition coefficient (Wildman–Crippen LogP) is 5.42. The fourth-order valence-electron chi connectivity index (χ4n) is 5.08. The molecule has 224 valence electrons. The lowest BCUT2D eigenvalue weighted by molar-refractivity contribution is -0.384. The molecule has 0 aliphatic carbocycles. The van der Waals surface area contributed by atoms with Gasteiger partial charge in [0.25, 0.3) is 11.2 Å². The molecule has 2 heterocycles. The summed E-state index contributed by atoms with van der Waals surface area (Å²) >= 11 is 1.26. The van der Waals surface area contributed by atoms with E-state index in [9.17, 15) is 19.7 Å². The van der Waals surface area contributed by atoms with E-state index in [2.05, 4.69) is 0 Å². The standard InChI is InChI=1S/C35H27N3O6S/c1-2-43-34(40)30-31(25-9-5-3-6-10-25)36-35-37(32(30)26-11-7-4-8-12-26)33(39)29(45-35)21-23-15-19-28(20-16-23)44-22-24-13-17-27(18-14-24)38(41)42/h3-21,32H,2,22H2,1H3/b29-21-/t32-/m1/s1. The second-order valence-corrected chi connectivity index (χ2v) is 11.1. The molecule has 9 nitrogen and oxygen atoms in total. The van der Waals surface area contributed by atoms with Gasteiger partial charge in [0, 0.05) is 17.7 Å². The number of hydrogen-bond acceptors (Lipinski definition) is 8. The van der Waals surface area contributed by atoms with Crippen molar-refractivity contribution in [1.82, 2.24) is 4.57 Å². The van der Waals surface area contributed by atoms with Crippen molar-refractivity contribution in [1.29, 1.82) is 0 Å². The number of nitro groups is 1. The Morgan fingerprint density at radius 1 is 0.956 bits per heavy atom. The molecular weight excluding hydrogens is 590 g/mol. The molecule has 0 amide bonds. The van der Waals surface area contributed by atoms with Crippen LogP contribution >= 0.6 is 11.3 Å². The number of thiazole rings is 1. The maximum absolute atomic E-state index is 14.0. The number of nitrogens with zero attached hydrogens (tertiary/aromatic N) is 3. The van der Waals surface area contributed by atoms with Crippen molar-refractivity contribution in [2.75, 3.05) is 6.61 Å². The molecule has 1 atom stereocenters. The van der Waals surface area contributed by atoms with E-state index in [0.717, 1.165) is 22.3 Å². The molecule has 1 aromatic heterocycles. The minimum Gasteiger partial charge on any atom is -0.489 e. The summed E-state index contributed by atoms with van der Waals surface area (Å²) < 4.78 is 13.4. The molecule has 4 aromatic carbocycles. The van der Waals surface area contributed by atoms with E-state index in [4.69, 9.17) is 14.5 Å². The first-order chi connectivity index (χ1) is 21.9. The molecule has 0 unspecified atom stereocenters. The highest BCUT2D eigenvalue weighted by atomic mass is 32.1. The van der Waals surface area contributed by atoms with E-state index in [1.54, 1.807) is 41.8 Å². The molecule has 0 spiro atoms. The zero-order chi connectivity index (χ0) is 31.3. The zero-order valence-electron chi connectivity index (χ0n) is 24.2. The van der Waals surface area contributed by atoms with Crippen LogP contribution in [0.3, 0.4) is 0 Å². The van der Waals surface area contributed by atoms with E-state index in [-0.39, 0.29) is 24.5 Å². The Morgan fingerprint density at radius 3 is 2.27 bits per heavy atom. The molecule has 6 rings (SSSR count). The van der Waals surface area contributed by atoms with Crippen molar-refractivity contribution in [2.45, 2.75) is 19.6 Å². The lowest BCUT2D eigenvalue weighted by atomic mass is 9.93. The molecule has 1 aliphatic heterocycles. The normalized spacial score (nSPS) is 14.4. The molecule has 10 heteroatoms. The minimum atomic E-state index is -0.728. The highest BCUT2D eigenvalue weighted by Crippen LogP contribution is 2.35. The van der Waals surface area contributed by atoms with E-state index >= 15 is 0 Å². The van der Waals surface area contributed by atoms with Gasteiger partial charge < -0.3 is 9.47 Å². The van der Waals surface area contributed by atoms with Gasteiger partial charge in [0.2, 0.25) is 0 Å². The van der Waals surface area contributed by atoms with Gasteiger partial charge in [-0.2, -0.15) is 0 Å².